The fraction of sp³-hybridized carbons (Fsp3) is 0.333. The van der Waals surface area contributed by atoms with Crippen LogP contribution in [0.5, 0.6) is 5.75 Å². The molecule has 2 aliphatic rings. The molecule has 3 heterocycles. The lowest BCUT2D eigenvalue weighted by Gasteiger charge is -2.28. The minimum Gasteiger partial charge on any atom is -0.503 e. The number of nitrogens with zero attached hydrogens (tertiary/aromatic N) is 2. The quantitative estimate of drug-likeness (QED) is 0.657. The molecule has 2 aromatic rings. The van der Waals surface area contributed by atoms with Gasteiger partial charge in [0.1, 0.15) is 11.5 Å². The first kappa shape index (κ1) is 20.9. The van der Waals surface area contributed by atoms with Gasteiger partial charge in [-0.25, -0.2) is 0 Å². The standard InChI is InChI=1S/C24H26N2O5/c1-30-19-7-4-6-17(16-19)22-21(20(27)10-9-18-8-5-15-31-18)23(28)24(29)26(22)14-13-25-11-2-3-12-25/h4-10,15-16,22,28H,2-3,11-14H2,1H3/b10-9+. The average molecular weight is 422 g/mol. The highest BCUT2D eigenvalue weighted by Crippen LogP contribution is 2.39. The van der Waals surface area contributed by atoms with Crippen molar-refractivity contribution < 1.29 is 23.8 Å². The van der Waals surface area contributed by atoms with Crippen LogP contribution in [0.15, 0.2) is 64.5 Å². The van der Waals surface area contributed by atoms with E-state index in [2.05, 4.69) is 4.90 Å². The molecule has 162 valence electrons. The van der Waals surface area contributed by atoms with Crippen LogP contribution in [0, 0.1) is 0 Å². The lowest BCUT2D eigenvalue weighted by Crippen LogP contribution is -2.37. The van der Waals surface area contributed by atoms with Gasteiger partial charge in [0, 0.05) is 13.1 Å². The van der Waals surface area contributed by atoms with Crippen LogP contribution in [-0.2, 0) is 9.59 Å². The Labute approximate surface area is 181 Å². The third-order valence-corrected chi connectivity index (χ3v) is 5.78. The molecule has 31 heavy (non-hydrogen) atoms. The molecule has 0 radical (unpaired) electrons. The van der Waals surface area contributed by atoms with E-state index in [1.165, 1.54) is 18.4 Å². The summed E-state index contributed by atoms with van der Waals surface area (Å²) in [4.78, 5) is 29.9. The van der Waals surface area contributed by atoms with Crippen molar-refractivity contribution in [3.63, 3.8) is 0 Å². The summed E-state index contributed by atoms with van der Waals surface area (Å²) in [6, 6.07) is 10.0. The highest BCUT2D eigenvalue weighted by Gasteiger charge is 2.43. The number of aliphatic hydroxyl groups excluding tert-OH is 1. The molecule has 1 saturated heterocycles. The molecule has 0 spiro atoms. The maximum atomic E-state index is 13.1. The summed E-state index contributed by atoms with van der Waals surface area (Å²) in [5, 5.41) is 10.7. The summed E-state index contributed by atoms with van der Waals surface area (Å²) in [6.45, 7) is 3.12. The number of rotatable bonds is 8. The van der Waals surface area contributed by atoms with Crippen molar-refractivity contribution in [2.45, 2.75) is 18.9 Å². The van der Waals surface area contributed by atoms with Crippen LogP contribution in [0.3, 0.4) is 0 Å². The normalized spacial score (nSPS) is 19.7. The zero-order valence-electron chi connectivity index (χ0n) is 17.5. The first-order chi connectivity index (χ1) is 15.1. The van der Waals surface area contributed by atoms with Crippen molar-refractivity contribution in [2.24, 2.45) is 0 Å². The Morgan fingerprint density at radius 3 is 2.74 bits per heavy atom. The minimum atomic E-state index is -0.682. The van der Waals surface area contributed by atoms with Crippen molar-refractivity contribution in [3.05, 3.63) is 71.4 Å². The summed E-state index contributed by atoms with van der Waals surface area (Å²) >= 11 is 0. The summed E-state index contributed by atoms with van der Waals surface area (Å²) in [7, 11) is 1.57. The molecule has 0 bridgehead atoms. The number of hydrogen-bond acceptors (Lipinski definition) is 6. The van der Waals surface area contributed by atoms with E-state index in [1.807, 2.05) is 12.1 Å². The second kappa shape index (κ2) is 9.22. The molecule has 7 nitrogen and oxygen atoms in total. The molecule has 2 aliphatic heterocycles. The number of ether oxygens (including phenoxy) is 1. The van der Waals surface area contributed by atoms with Gasteiger partial charge in [-0.3, -0.25) is 9.59 Å². The summed E-state index contributed by atoms with van der Waals surface area (Å²) in [5.74, 6) is -0.320. The van der Waals surface area contributed by atoms with E-state index in [0.29, 0.717) is 30.2 Å². The number of carbonyl (C=O) groups is 2. The number of aliphatic hydroxyl groups is 1. The van der Waals surface area contributed by atoms with Gasteiger partial charge in [-0.1, -0.05) is 12.1 Å². The van der Waals surface area contributed by atoms with Crippen LogP contribution in [-0.4, -0.2) is 59.9 Å². The number of methoxy groups -OCH3 is 1. The van der Waals surface area contributed by atoms with Gasteiger partial charge in [-0.2, -0.15) is 0 Å². The van der Waals surface area contributed by atoms with Gasteiger partial charge in [-0.05, 0) is 67.9 Å². The van der Waals surface area contributed by atoms with Gasteiger partial charge in [-0.15, -0.1) is 0 Å². The van der Waals surface area contributed by atoms with Gasteiger partial charge in [0.25, 0.3) is 5.91 Å². The first-order valence-electron chi connectivity index (χ1n) is 10.4. The Balaban J connectivity index is 1.65. The lowest BCUT2D eigenvalue weighted by molar-refractivity contribution is -0.129. The Morgan fingerprint density at radius 2 is 2.03 bits per heavy atom. The predicted molar refractivity (Wildman–Crippen MR) is 116 cm³/mol. The maximum Gasteiger partial charge on any atom is 0.290 e. The highest BCUT2D eigenvalue weighted by molar-refractivity contribution is 6.14. The summed E-state index contributed by atoms with van der Waals surface area (Å²) < 4.78 is 10.6. The van der Waals surface area contributed by atoms with Crippen molar-refractivity contribution in [1.29, 1.82) is 0 Å². The number of carbonyl (C=O) groups excluding carboxylic acids is 2. The molecule has 1 atom stereocenters. The number of allylic oxidation sites excluding steroid dienone is 1. The Kier molecular flexibility index (Phi) is 6.23. The number of furan rings is 1. The molecule has 1 fully saturated rings. The molecule has 4 rings (SSSR count). The molecular formula is C24H26N2O5. The zero-order chi connectivity index (χ0) is 21.8. The van der Waals surface area contributed by atoms with Gasteiger partial charge in [0.15, 0.2) is 11.5 Å². The predicted octanol–water partition coefficient (Wildman–Crippen LogP) is 3.36. The van der Waals surface area contributed by atoms with Gasteiger partial charge >= 0.3 is 0 Å². The monoisotopic (exact) mass is 422 g/mol. The Morgan fingerprint density at radius 1 is 1.23 bits per heavy atom. The van der Waals surface area contributed by atoms with Crippen LogP contribution in [0.1, 0.15) is 30.2 Å². The number of amides is 1. The van der Waals surface area contributed by atoms with Crippen molar-refractivity contribution in [2.75, 3.05) is 33.3 Å². The van der Waals surface area contributed by atoms with Gasteiger partial charge < -0.3 is 24.1 Å². The second-order valence-electron chi connectivity index (χ2n) is 7.70. The van der Waals surface area contributed by atoms with E-state index in [0.717, 1.165) is 25.9 Å². The molecule has 1 unspecified atom stereocenters. The molecule has 1 aromatic heterocycles. The van der Waals surface area contributed by atoms with Crippen molar-refractivity contribution in [3.8, 4) is 5.75 Å². The molecule has 1 N–H and O–H groups in total. The van der Waals surface area contributed by atoms with E-state index in [4.69, 9.17) is 9.15 Å². The SMILES string of the molecule is COc1cccc(C2C(C(=O)/C=C/c3ccco3)=C(O)C(=O)N2CCN2CCCC2)c1. The third-order valence-electron chi connectivity index (χ3n) is 5.78. The molecule has 1 amide bonds. The number of hydrogen-bond donors (Lipinski definition) is 1. The molecule has 1 aromatic carbocycles. The van der Waals surface area contributed by atoms with E-state index in [9.17, 15) is 14.7 Å². The Hall–Kier alpha value is -3.32. The molecule has 0 saturated carbocycles. The van der Waals surface area contributed by atoms with Gasteiger partial charge in [0.05, 0.1) is 25.0 Å². The summed E-state index contributed by atoms with van der Waals surface area (Å²) in [6.07, 6.45) is 6.67. The Bertz CT molecular complexity index is 1000. The smallest absolute Gasteiger partial charge is 0.290 e. The zero-order valence-corrected chi connectivity index (χ0v) is 17.5. The summed E-state index contributed by atoms with van der Waals surface area (Å²) in [5.41, 5.74) is 0.787. The van der Waals surface area contributed by atoms with Gasteiger partial charge in [0.2, 0.25) is 0 Å². The van der Waals surface area contributed by atoms with E-state index in [-0.39, 0.29) is 5.57 Å². The van der Waals surface area contributed by atoms with E-state index < -0.39 is 23.5 Å². The maximum absolute atomic E-state index is 13.1. The topological polar surface area (TPSA) is 83.2 Å². The largest absolute Gasteiger partial charge is 0.503 e. The van der Waals surface area contributed by atoms with Crippen molar-refractivity contribution in [1.82, 2.24) is 9.80 Å². The number of benzene rings is 1. The first-order valence-corrected chi connectivity index (χ1v) is 10.4. The number of likely N-dealkylation sites (tertiary alicyclic amines) is 1. The van der Waals surface area contributed by atoms with Crippen LogP contribution in [0.4, 0.5) is 0 Å². The highest BCUT2D eigenvalue weighted by atomic mass is 16.5. The van der Waals surface area contributed by atoms with Crippen molar-refractivity contribution >= 4 is 17.8 Å². The third kappa shape index (κ3) is 4.41. The fourth-order valence-electron chi connectivity index (χ4n) is 4.18. The van der Waals surface area contributed by atoms with E-state index >= 15 is 0 Å². The van der Waals surface area contributed by atoms with Crippen LogP contribution < -0.4 is 4.74 Å². The molecular weight excluding hydrogens is 396 g/mol. The minimum absolute atomic E-state index is 0.0717. The molecule has 0 aliphatic carbocycles. The van der Waals surface area contributed by atoms with Crippen LogP contribution in [0.2, 0.25) is 0 Å². The van der Waals surface area contributed by atoms with Crippen LogP contribution >= 0.6 is 0 Å². The van der Waals surface area contributed by atoms with Crippen LogP contribution in [0.25, 0.3) is 6.08 Å². The second-order valence-corrected chi connectivity index (χ2v) is 7.70. The number of ketones is 1. The lowest BCUT2D eigenvalue weighted by atomic mass is 9.95. The average Bonchev–Trinajstić information content (AvgIpc) is 3.54. The fourth-order valence-corrected chi connectivity index (χ4v) is 4.18. The van der Waals surface area contributed by atoms with E-state index in [1.54, 1.807) is 36.3 Å². The molecule has 7 heteroatoms.